The van der Waals surface area contributed by atoms with E-state index in [1.165, 1.54) is 24.3 Å². The average molecular weight is 580 g/mol. The van der Waals surface area contributed by atoms with Gasteiger partial charge in [-0.25, -0.2) is 9.78 Å². The normalized spacial score (nSPS) is 10.9. The monoisotopic (exact) mass is 579 g/mol. The summed E-state index contributed by atoms with van der Waals surface area (Å²) in [5.74, 6) is 0. The molecule has 43 heavy (non-hydrogen) atoms. The van der Waals surface area contributed by atoms with E-state index in [2.05, 4.69) is 20.6 Å². The number of fused-ring (bicyclic) bond motifs is 5. The minimum absolute atomic E-state index is 0.0614. The first-order valence-electron chi connectivity index (χ1n) is 13.8. The van der Waals surface area contributed by atoms with Crippen LogP contribution in [0.5, 0.6) is 0 Å². The summed E-state index contributed by atoms with van der Waals surface area (Å²) in [5, 5.41) is 18.0. The number of aromatic nitrogens is 4. The Labute approximate surface area is 245 Å². The van der Waals surface area contributed by atoms with E-state index in [9.17, 15) is 24.5 Å². The van der Waals surface area contributed by atoms with Gasteiger partial charge in [-0.2, -0.15) is 0 Å². The van der Waals surface area contributed by atoms with Crippen LogP contribution in [0.25, 0.3) is 33.1 Å². The fourth-order valence-electron chi connectivity index (χ4n) is 5.07. The summed E-state index contributed by atoms with van der Waals surface area (Å²) >= 11 is 0. The van der Waals surface area contributed by atoms with Crippen LogP contribution < -0.4 is 16.2 Å². The number of anilines is 1. The van der Waals surface area contributed by atoms with Crippen molar-refractivity contribution in [3.05, 3.63) is 110 Å². The molecule has 0 saturated carbocycles. The molecular weight excluding hydrogens is 550 g/mol. The summed E-state index contributed by atoms with van der Waals surface area (Å²) in [6.07, 6.45) is 4.96. The lowest BCUT2D eigenvalue weighted by atomic mass is 10.1. The zero-order valence-electron chi connectivity index (χ0n) is 23.7. The van der Waals surface area contributed by atoms with E-state index < -0.39 is 11.0 Å². The van der Waals surface area contributed by atoms with Crippen LogP contribution in [0, 0.1) is 10.1 Å². The Morgan fingerprint density at radius 3 is 2.49 bits per heavy atom. The minimum Gasteiger partial charge on any atom is -0.334 e. The molecule has 12 heteroatoms. The fraction of sp³-hybridized carbons (Fsp3) is 0.161. The van der Waals surface area contributed by atoms with Gasteiger partial charge >= 0.3 is 6.03 Å². The van der Waals surface area contributed by atoms with Gasteiger partial charge in [0.25, 0.3) is 11.2 Å². The van der Waals surface area contributed by atoms with Crippen LogP contribution in [0.1, 0.15) is 42.5 Å². The highest BCUT2D eigenvalue weighted by Crippen LogP contribution is 2.31. The molecule has 0 saturated heterocycles. The molecule has 6 aromatic rings. The number of nitrogens with one attached hydrogen (secondary N) is 3. The van der Waals surface area contributed by atoms with Gasteiger partial charge < -0.3 is 20.2 Å². The Kier molecular flexibility index (Phi) is 8.01. The van der Waals surface area contributed by atoms with E-state index in [0.717, 1.165) is 22.0 Å². The Hall–Kier alpha value is -5.78. The van der Waals surface area contributed by atoms with Gasteiger partial charge in [0.1, 0.15) is 5.69 Å². The number of H-pyrrole nitrogens is 1. The third kappa shape index (κ3) is 5.33. The molecular formula is C31H29N7O5. The van der Waals surface area contributed by atoms with Crippen molar-refractivity contribution in [1.82, 2.24) is 24.3 Å². The second-order valence-electron chi connectivity index (χ2n) is 9.40. The molecule has 12 nitrogen and oxygen atoms in total. The molecule has 6 rings (SSSR count). The lowest BCUT2D eigenvalue weighted by molar-refractivity contribution is -0.384. The number of benzene rings is 3. The maximum absolute atomic E-state index is 12.9. The number of nitrogens with zero attached hydrogens (tertiary/aromatic N) is 4. The van der Waals surface area contributed by atoms with E-state index in [4.69, 9.17) is 0 Å². The number of amides is 2. The molecule has 0 bridgehead atoms. The Balaban J connectivity index is 0.00000180. The standard InChI is InChI=1S/C29H23N7O5.C2H6/c1-2-23-22(16-37)32-27-28(38)33-26-21-6-4-3-5-20(21)24(13-25(26)35(23)27)34-12-11-17(15-34)14-30-29(39)31-18-7-9-19(10-8-18)36(40)41;1-2/h3-13,15-16H,2,14H2,1H3,(H,33,38)(H2,30,31,39);1-2H3. The molecule has 0 aliphatic carbocycles. The quantitative estimate of drug-likeness (QED) is 0.0946. The number of carbonyl (C=O) groups is 2. The molecule has 0 unspecified atom stereocenters. The Bertz CT molecular complexity index is 2060. The molecule has 2 amide bonds. The van der Waals surface area contributed by atoms with E-state index in [1.54, 1.807) is 4.40 Å². The summed E-state index contributed by atoms with van der Waals surface area (Å²) in [5.41, 5.74) is 4.07. The highest BCUT2D eigenvalue weighted by atomic mass is 16.6. The van der Waals surface area contributed by atoms with E-state index >= 15 is 0 Å². The van der Waals surface area contributed by atoms with Crippen molar-refractivity contribution in [1.29, 1.82) is 0 Å². The van der Waals surface area contributed by atoms with Gasteiger partial charge in [0.05, 0.1) is 27.3 Å². The van der Waals surface area contributed by atoms with Crippen LogP contribution >= 0.6 is 0 Å². The largest absolute Gasteiger partial charge is 0.334 e. The second-order valence-corrected chi connectivity index (χ2v) is 9.40. The number of aryl methyl sites for hydroxylation is 1. The average Bonchev–Trinajstić information content (AvgIpc) is 3.66. The lowest BCUT2D eigenvalue weighted by Crippen LogP contribution is -2.28. The number of aromatic amines is 1. The van der Waals surface area contributed by atoms with Crippen molar-refractivity contribution in [3.8, 4) is 5.69 Å². The Morgan fingerprint density at radius 1 is 1.09 bits per heavy atom. The maximum Gasteiger partial charge on any atom is 0.319 e. The highest BCUT2D eigenvalue weighted by Gasteiger charge is 2.19. The van der Waals surface area contributed by atoms with Crippen LogP contribution in [-0.2, 0) is 13.0 Å². The van der Waals surface area contributed by atoms with Crippen molar-refractivity contribution < 1.29 is 14.5 Å². The molecule has 0 spiro atoms. The lowest BCUT2D eigenvalue weighted by Gasteiger charge is -2.13. The zero-order valence-corrected chi connectivity index (χ0v) is 23.7. The number of urea groups is 1. The molecule has 3 aromatic heterocycles. The van der Waals surface area contributed by atoms with Gasteiger partial charge in [-0.15, -0.1) is 0 Å². The number of imidazole rings is 1. The minimum atomic E-state index is -0.504. The van der Waals surface area contributed by atoms with E-state index in [1.807, 2.05) is 74.1 Å². The zero-order chi connectivity index (χ0) is 30.7. The van der Waals surface area contributed by atoms with Crippen molar-refractivity contribution >= 4 is 51.1 Å². The van der Waals surface area contributed by atoms with Gasteiger partial charge in [0.15, 0.2) is 6.29 Å². The molecule has 3 aromatic carbocycles. The number of carbonyl (C=O) groups excluding carboxylic acids is 2. The van der Waals surface area contributed by atoms with Crippen molar-refractivity contribution in [2.75, 3.05) is 5.32 Å². The number of nitro benzene ring substituents is 1. The number of hydrogen-bond acceptors (Lipinski definition) is 6. The maximum atomic E-state index is 12.9. The van der Waals surface area contributed by atoms with Crippen LogP contribution in [0.3, 0.4) is 0 Å². The SMILES string of the molecule is CC.CCc1c(C=O)nc2c(=O)[nH]c3c4ccccc4c(-n4ccc(CNC(=O)Nc5ccc([N+](=O)[O-])cc5)c4)cc3n12. The van der Waals surface area contributed by atoms with E-state index in [-0.39, 0.29) is 29.1 Å². The topological polar surface area (TPSA) is 156 Å². The molecule has 3 N–H and O–H groups in total. The third-order valence-corrected chi connectivity index (χ3v) is 6.96. The molecule has 0 atom stereocenters. The fourth-order valence-corrected chi connectivity index (χ4v) is 5.07. The second kappa shape index (κ2) is 12.0. The van der Waals surface area contributed by atoms with Crippen molar-refractivity contribution in [2.24, 2.45) is 0 Å². The third-order valence-electron chi connectivity index (χ3n) is 6.96. The van der Waals surface area contributed by atoms with Crippen LogP contribution in [0.15, 0.2) is 77.9 Å². The van der Waals surface area contributed by atoms with Crippen molar-refractivity contribution in [3.63, 3.8) is 0 Å². The summed E-state index contributed by atoms with van der Waals surface area (Å²) in [4.78, 5) is 54.6. The number of aldehydes is 1. The first-order valence-corrected chi connectivity index (χ1v) is 13.8. The summed E-state index contributed by atoms with van der Waals surface area (Å²) in [6, 6.07) is 16.7. The number of rotatable bonds is 7. The molecule has 218 valence electrons. The van der Waals surface area contributed by atoms with Gasteiger partial charge in [-0.1, -0.05) is 45.0 Å². The van der Waals surface area contributed by atoms with E-state index in [0.29, 0.717) is 35.1 Å². The summed E-state index contributed by atoms with van der Waals surface area (Å²) in [7, 11) is 0. The number of nitro groups is 1. The number of non-ortho nitro benzene ring substituents is 1. The van der Waals surface area contributed by atoms with Crippen LogP contribution in [0.4, 0.5) is 16.2 Å². The van der Waals surface area contributed by atoms with Crippen molar-refractivity contribution in [2.45, 2.75) is 33.7 Å². The van der Waals surface area contributed by atoms with Gasteiger partial charge in [0, 0.05) is 47.5 Å². The first-order chi connectivity index (χ1) is 20.9. The van der Waals surface area contributed by atoms with Crippen LogP contribution in [-0.4, -0.2) is 36.2 Å². The first kappa shape index (κ1) is 28.7. The van der Waals surface area contributed by atoms with Gasteiger partial charge in [0.2, 0.25) is 5.65 Å². The number of hydrogen-bond donors (Lipinski definition) is 3. The predicted molar refractivity (Wildman–Crippen MR) is 165 cm³/mol. The summed E-state index contributed by atoms with van der Waals surface area (Å²) in [6.45, 7) is 6.15. The molecule has 3 heterocycles. The van der Waals surface area contributed by atoms with Gasteiger partial charge in [-0.3, -0.25) is 24.1 Å². The molecule has 0 radical (unpaired) electrons. The Morgan fingerprint density at radius 2 is 1.81 bits per heavy atom. The van der Waals surface area contributed by atoms with Gasteiger partial charge in [-0.05, 0) is 36.2 Å². The highest BCUT2D eigenvalue weighted by molar-refractivity contribution is 6.08. The molecule has 0 fully saturated rings. The summed E-state index contributed by atoms with van der Waals surface area (Å²) < 4.78 is 3.69. The molecule has 0 aliphatic heterocycles. The molecule has 0 aliphatic rings. The predicted octanol–water partition coefficient (Wildman–Crippen LogP) is 5.75. The van der Waals surface area contributed by atoms with Crippen LogP contribution in [0.2, 0.25) is 0 Å². The smallest absolute Gasteiger partial charge is 0.319 e.